The molecular formula is C14H15ClN2O4S. The fourth-order valence-electron chi connectivity index (χ4n) is 2.22. The summed E-state index contributed by atoms with van der Waals surface area (Å²) >= 11 is 6.10. The Kier molecular flexibility index (Phi) is 4.75. The number of benzene rings is 1. The number of ether oxygens (including phenoxy) is 2. The van der Waals surface area contributed by atoms with E-state index in [-0.39, 0.29) is 12.5 Å². The van der Waals surface area contributed by atoms with E-state index in [2.05, 4.69) is 10.1 Å². The Labute approximate surface area is 135 Å². The van der Waals surface area contributed by atoms with Gasteiger partial charge in [0.25, 0.3) is 0 Å². The summed E-state index contributed by atoms with van der Waals surface area (Å²) in [5, 5.41) is 4.39. The lowest BCUT2D eigenvalue weighted by atomic mass is 10.1. The van der Waals surface area contributed by atoms with E-state index >= 15 is 0 Å². The fraction of sp³-hybridized carbons (Fsp3) is 0.429. The highest BCUT2D eigenvalue weighted by molar-refractivity contribution is 7.83. The van der Waals surface area contributed by atoms with Crippen molar-refractivity contribution >= 4 is 22.4 Å². The Morgan fingerprint density at radius 3 is 3.00 bits per heavy atom. The lowest BCUT2D eigenvalue weighted by Gasteiger charge is -2.20. The van der Waals surface area contributed by atoms with Gasteiger partial charge in [0, 0.05) is 33.4 Å². The second-order valence-corrected chi connectivity index (χ2v) is 6.74. The van der Waals surface area contributed by atoms with E-state index in [0.717, 1.165) is 11.1 Å². The van der Waals surface area contributed by atoms with E-state index in [4.69, 9.17) is 25.6 Å². The van der Waals surface area contributed by atoms with Crippen LogP contribution in [-0.2, 0) is 40.1 Å². The molecule has 0 aliphatic carbocycles. The molecule has 0 N–H and O–H groups in total. The van der Waals surface area contributed by atoms with Crippen LogP contribution >= 0.6 is 11.6 Å². The van der Waals surface area contributed by atoms with E-state index < -0.39 is 10.8 Å². The highest BCUT2D eigenvalue weighted by Gasteiger charge is 2.19. The molecular weight excluding hydrogens is 328 g/mol. The van der Waals surface area contributed by atoms with Gasteiger partial charge in [0.1, 0.15) is 5.75 Å². The third kappa shape index (κ3) is 3.48. The number of halogens is 1. The van der Waals surface area contributed by atoms with Crippen molar-refractivity contribution in [2.45, 2.75) is 31.5 Å². The predicted octanol–water partition coefficient (Wildman–Crippen LogP) is 2.60. The highest BCUT2D eigenvalue weighted by Crippen LogP contribution is 2.32. The molecule has 1 aromatic carbocycles. The molecule has 0 saturated heterocycles. The minimum atomic E-state index is -1.18. The minimum absolute atomic E-state index is 0.193. The maximum Gasteiger partial charge on any atom is 0.226 e. The first kappa shape index (κ1) is 15.5. The lowest BCUT2D eigenvalue weighted by Crippen LogP contribution is -2.14. The summed E-state index contributed by atoms with van der Waals surface area (Å²) < 4.78 is 28.1. The van der Waals surface area contributed by atoms with E-state index in [1.165, 1.54) is 0 Å². The molecule has 8 heteroatoms. The molecule has 0 radical (unpaired) electrons. The third-order valence-corrected chi connectivity index (χ3v) is 4.60. The first-order valence-corrected chi connectivity index (χ1v) is 8.70. The molecule has 0 spiro atoms. The van der Waals surface area contributed by atoms with Gasteiger partial charge in [0.2, 0.25) is 5.89 Å². The molecule has 2 aromatic rings. The van der Waals surface area contributed by atoms with Crippen LogP contribution in [0.25, 0.3) is 0 Å². The second kappa shape index (κ2) is 6.76. The maximum absolute atomic E-state index is 12.3. The summed E-state index contributed by atoms with van der Waals surface area (Å²) in [6, 6.07) is 3.58. The molecule has 0 saturated carbocycles. The maximum atomic E-state index is 12.3. The summed E-state index contributed by atoms with van der Waals surface area (Å²) in [5.41, 5.74) is 1.68. The molecule has 0 bridgehead atoms. The Morgan fingerprint density at radius 1 is 1.36 bits per heavy atom. The van der Waals surface area contributed by atoms with Crippen molar-refractivity contribution in [3.05, 3.63) is 40.0 Å². The van der Waals surface area contributed by atoms with Crippen LogP contribution in [0.1, 0.15) is 29.8 Å². The van der Waals surface area contributed by atoms with Crippen molar-refractivity contribution in [1.29, 1.82) is 0 Å². The van der Waals surface area contributed by atoms with Crippen molar-refractivity contribution in [3.63, 3.8) is 0 Å². The van der Waals surface area contributed by atoms with Gasteiger partial charge in [-0.3, -0.25) is 4.21 Å². The van der Waals surface area contributed by atoms with Gasteiger partial charge in [-0.2, -0.15) is 4.98 Å². The van der Waals surface area contributed by atoms with E-state index in [1.807, 2.05) is 6.92 Å². The number of aromatic nitrogens is 2. The zero-order chi connectivity index (χ0) is 15.5. The van der Waals surface area contributed by atoms with Crippen molar-refractivity contribution in [3.8, 4) is 5.75 Å². The molecule has 0 amide bonds. The van der Waals surface area contributed by atoms with Crippen molar-refractivity contribution in [2.24, 2.45) is 0 Å². The van der Waals surface area contributed by atoms with Crippen LogP contribution in [-0.4, -0.2) is 21.1 Å². The summed E-state index contributed by atoms with van der Waals surface area (Å²) in [7, 11) is -1.18. The molecule has 118 valence electrons. The van der Waals surface area contributed by atoms with Crippen LogP contribution < -0.4 is 4.74 Å². The monoisotopic (exact) mass is 342 g/mol. The number of fused-ring (bicyclic) bond motifs is 1. The summed E-state index contributed by atoms with van der Waals surface area (Å²) in [5.74, 6) is 2.27. The molecule has 2 heterocycles. The van der Waals surface area contributed by atoms with Crippen molar-refractivity contribution < 1.29 is 18.2 Å². The average Bonchev–Trinajstić information content (AvgIpc) is 2.94. The highest BCUT2D eigenvalue weighted by atomic mass is 35.5. The number of aryl methyl sites for hydroxylation is 1. The van der Waals surface area contributed by atoms with E-state index in [9.17, 15) is 4.21 Å². The van der Waals surface area contributed by atoms with Crippen LogP contribution in [0.15, 0.2) is 16.7 Å². The van der Waals surface area contributed by atoms with Gasteiger partial charge in [-0.25, -0.2) is 0 Å². The normalized spacial score (nSPS) is 15.2. The van der Waals surface area contributed by atoms with Crippen LogP contribution in [0.4, 0.5) is 0 Å². The van der Waals surface area contributed by atoms with E-state index in [1.54, 1.807) is 12.1 Å². The van der Waals surface area contributed by atoms with Gasteiger partial charge >= 0.3 is 0 Å². The molecule has 22 heavy (non-hydrogen) atoms. The number of nitrogens with zero attached hydrogens (tertiary/aromatic N) is 2. The van der Waals surface area contributed by atoms with Crippen molar-refractivity contribution in [2.75, 3.05) is 6.79 Å². The smallest absolute Gasteiger partial charge is 0.226 e. The molecule has 1 aliphatic rings. The number of rotatable bonds is 5. The number of hydrogen-bond donors (Lipinski definition) is 0. The Bertz CT molecular complexity index is 704. The second-order valence-electron chi connectivity index (χ2n) is 4.85. The molecule has 1 aliphatic heterocycles. The molecule has 1 atom stereocenters. The zero-order valence-corrected chi connectivity index (χ0v) is 13.6. The van der Waals surface area contributed by atoms with Gasteiger partial charge in [-0.1, -0.05) is 23.7 Å². The van der Waals surface area contributed by atoms with Crippen LogP contribution in [0, 0.1) is 0 Å². The third-order valence-electron chi connectivity index (χ3n) is 3.17. The minimum Gasteiger partial charge on any atom is -0.467 e. The molecule has 1 unspecified atom stereocenters. The topological polar surface area (TPSA) is 74.5 Å². The fourth-order valence-corrected chi connectivity index (χ4v) is 3.56. The van der Waals surface area contributed by atoms with Gasteiger partial charge in [0.05, 0.1) is 18.1 Å². The van der Waals surface area contributed by atoms with Gasteiger partial charge < -0.3 is 14.0 Å². The quantitative estimate of drug-likeness (QED) is 0.831. The summed E-state index contributed by atoms with van der Waals surface area (Å²) in [6.45, 7) is 2.56. The molecule has 3 rings (SSSR count). The Balaban J connectivity index is 1.75. The van der Waals surface area contributed by atoms with E-state index in [0.29, 0.717) is 41.3 Å². The van der Waals surface area contributed by atoms with Crippen LogP contribution in [0.3, 0.4) is 0 Å². The van der Waals surface area contributed by atoms with Crippen LogP contribution in [0.2, 0.25) is 5.02 Å². The molecule has 6 nitrogen and oxygen atoms in total. The Hall–Kier alpha value is -1.44. The largest absolute Gasteiger partial charge is 0.467 e. The average molecular weight is 343 g/mol. The standard InChI is InChI=1S/C14H15ClN2O4S/c1-2-13-16-12(17-21-13)7-22(18)6-10-4-11(15)3-9-5-19-8-20-14(9)10/h3-4H,2,5-8H2,1H3. The summed E-state index contributed by atoms with van der Waals surface area (Å²) in [6.07, 6.45) is 0.662. The SMILES string of the molecule is CCc1nc(CS(=O)Cc2cc(Cl)cc3c2OCOC3)no1. The predicted molar refractivity (Wildman–Crippen MR) is 81.0 cm³/mol. The molecule has 0 fully saturated rings. The summed E-state index contributed by atoms with van der Waals surface area (Å²) in [4.78, 5) is 4.17. The van der Waals surface area contributed by atoms with Gasteiger partial charge in [0.15, 0.2) is 12.6 Å². The Morgan fingerprint density at radius 2 is 2.23 bits per heavy atom. The number of hydrogen-bond acceptors (Lipinski definition) is 6. The first-order chi connectivity index (χ1) is 10.7. The lowest BCUT2D eigenvalue weighted by molar-refractivity contribution is -0.0169. The first-order valence-electron chi connectivity index (χ1n) is 6.84. The van der Waals surface area contributed by atoms with Crippen molar-refractivity contribution in [1.82, 2.24) is 10.1 Å². The molecule has 1 aromatic heterocycles. The van der Waals surface area contributed by atoms with Gasteiger partial charge in [-0.15, -0.1) is 0 Å². The van der Waals surface area contributed by atoms with Gasteiger partial charge in [-0.05, 0) is 12.1 Å². The van der Waals surface area contributed by atoms with Crippen LogP contribution in [0.5, 0.6) is 5.75 Å². The zero-order valence-electron chi connectivity index (χ0n) is 12.0.